The van der Waals surface area contributed by atoms with Crippen molar-refractivity contribution in [2.45, 2.75) is 50.9 Å². The third-order valence-corrected chi connectivity index (χ3v) is 5.07. The van der Waals surface area contributed by atoms with E-state index < -0.39 is 0 Å². The number of thioether (sulfide) groups is 1. The van der Waals surface area contributed by atoms with E-state index >= 15 is 0 Å². The van der Waals surface area contributed by atoms with Crippen molar-refractivity contribution in [1.82, 2.24) is 5.32 Å². The van der Waals surface area contributed by atoms with Gasteiger partial charge in [0.25, 0.3) is 0 Å². The predicted molar refractivity (Wildman–Crippen MR) is 82.3 cm³/mol. The van der Waals surface area contributed by atoms with Crippen LogP contribution in [0.25, 0.3) is 0 Å². The molecule has 19 heavy (non-hydrogen) atoms. The monoisotopic (exact) mass is 274 g/mol. The van der Waals surface area contributed by atoms with Crippen LogP contribution >= 0.6 is 11.8 Å². The van der Waals surface area contributed by atoms with Crippen LogP contribution in [0.3, 0.4) is 0 Å². The van der Waals surface area contributed by atoms with Gasteiger partial charge in [-0.2, -0.15) is 17.0 Å². The summed E-state index contributed by atoms with van der Waals surface area (Å²) in [6.07, 6.45) is 3.95. The highest BCUT2D eigenvalue weighted by Crippen LogP contribution is 2.29. The zero-order chi connectivity index (χ0) is 13.7. The van der Waals surface area contributed by atoms with Gasteiger partial charge in [-0.25, -0.2) is 0 Å². The van der Waals surface area contributed by atoms with Gasteiger partial charge in [0.05, 0.1) is 11.6 Å². The topological polar surface area (TPSA) is 35.8 Å². The summed E-state index contributed by atoms with van der Waals surface area (Å²) >= 11 is 2.10. The molecule has 1 aromatic rings. The lowest BCUT2D eigenvalue weighted by atomic mass is 10.1. The van der Waals surface area contributed by atoms with Crippen LogP contribution in [-0.2, 0) is 6.54 Å². The maximum absolute atomic E-state index is 8.87. The van der Waals surface area contributed by atoms with Crippen molar-refractivity contribution >= 4 is 11.8 Å². The van der Waals surface area contributed by atoms with Gasteiger partial charge in [-0.15, -0.1) is 0 Å². The molecule has 2 rings (SSSR count). The van der Waals surface area contributed by atoms with Crippen molar-refractivity contribution in [3.8, 4) is 6.07 Å². The summed E-state index contributed by atoms with van der Waals surface area (Å²) in [5.41, 5.74) is 3.27. The first-order valence-electron chi connectivity index (χ1n) is 7.07. The van der Waals surface area contributed by atoms with E-state index in [1.165, 1.54) is 36.1 Å². The molecule has 0 amide bonds. The molecule has 0 radical (unpaired) electrons. The summed E-state index contributed by atoms with van der Waals surface area (Å²) in [5, 5.41) is 13.4. The molecule has 1 N–H and O–H groups in total. The Morgan fingerprint density at radius 2 is 2.26 bits per heavy atom. The number of rotatable bonds is 5. The minimum atomic E-state index is 0.666. The van der Waals surface area contributed by atoms with E-state index in [9.17, 15) is 0 Å². The van der Waals surface area contributed by atoms with Crippen LogP contribution in [0.1, 0.15) is 42.9 Å². The third-order valence-electron chi connectivity index (χ3n) is 3.84. The smallest absolute Gasteiger partial charge is 0.0991 e. The van der Waals surface area contributed by atoms with Crippen LogP contribution in [0, 0.1) is 18.3 Å². The predicted octanol–water partition coefficient (Wildman–Crippen LogP) is 3.63. The number of nitriles is 1. The lowest BCUT2D eigenvalue weighted by Crippen LogP contribution is -2.26. The van der Waals surface area contributed by atoms with E-state index in [1.807, 2.05) is 12.1 Å². The fourth-order valence-corrected chi connectivity index (χ4v) is 3.87. The molecule has 0 aromatic heterocycles. The van der Waals surface area contributed by atoms with Crippen LogP contribution in [0.4, 0.5) is 0 Å². The van der Waals surface area contributed by atoms with Crippen LogP contribution in [0.15, 0.2) is 18.2 Å². The highest BCUT2D eigenvalue weighted by molar-refractivity contribution is 7.99. The van der Waals surface area contributed by atoms with Gasteiger partial charge in [-0.05, 0) is 55.2 Å². The number of benzene rings is 1. The average Bonchev–Trinajstić information content (AvgIpc) is 2.85. The molecule has 1 aliphatic carbocycles. The summed E-state index contributed by atoms with van der Waals surface area (Å²) in [4.78, 5) is 0. The Balaban J connectivity index is 1.85. The van der Waals surface area contributed by atoms with Gasteiger partial charge in [-0.3, -0.25) is 0 Å². The molecule has 0 heterocycles. The highest BCUT2D eigenvalue weighted by atomic mass is 32.2. The molecule has 1 saturated carbocycles. The average molecular weight is 274 g/mol. The number of nitrogens with zero attached hydrogens (tertiary/aromatic N) is 1. The van der Waals surface area contributed by atoms with Crippen molar-refractivity contribution in [2.75, 3.05) is 5.75 Å². The lowest BCUT2D eigenvalue weighted by molar-refractivity contribution is 0.524. The number of aryl methyl sites for hydroxylation is 1. The number of hydrogen-bond donors (Lipinski definition) is 1. The summed E-state index contributed by atoms with van der Waals surface area (Å²) in [5.74, 6) is 1.23. The SMILES string of the molecule is CCSC1CCC(NCc2ccc(C#N)cc2C)C1. The molecule has 2 atom stereocenters. The number of hydrogen-bond acceptors (Lipinski definition) is 3. The van der Waals surface area contributed by atoms with E-state index in [-0.39, 0.29) is 0 Å². The molecule has 0 bridgehead atoms. The van der Waals surface area contributed by atoms with Gasteiger partial charge in [-0.1, -0.05) is 13.0 Å². The van der Waals surface area contributed by atoms with Crippen LogP contribution in [0.5, 0.6) is 0 Å². The first kappa shape index (κ1) is 14.4. The minimum absolute atomic E-state index is 0.666. The van der Waals surface area contributed by atoms with Crippen LogP contribution in [-0.4, -0.2) is 17.0 Å². The van der Waals surface area contributed by atoms with Crippen LogP contribution < -0.4 is 5.32 Å². The Morgan fingerprint density at radius 1 is 1.42 bits per heavy atom. The van der Waals surface area contributed by atoms with Crippen molar-refractivity contribution in [1.29, 1.82) is 5.26 Å². The first-order valence-corrected chi connectivity index (χ1v) is 8.12. The first-order chi connectivity index (χ1) is 9.22. The molecular weight excluding hydrogens is 252 g/mol. The largest absolute Gasteiger partial charge is 0.310 e. The molecule has 1 aliphatic rings. The quantitative estimate of drug-likeness (QED) is 0.890. The van der Waals surface area contributed by atoms with E-state index in [4.69, 9.17) is 5.26 Å². The second-order valence-corrected chi connectivity index (χ2v) is 6.80. The maximum Gasteiger partial charge on any atom is 0.0991 e. The highest BCUT2D eigenvalue weighted by Gasteiger charge is 2.23. The maximum atomic E-state index is 8.87. The molecular formula is C16H22N2S. The standard InChI is InChI=1S/C16H22N2S/c1-3-19-16-7-6-15(9-16)18-11-14-5-4-13(10-17)8-12(14)2/h4-5,8,15-16,18H,3,6-7,9,11H2,1-2H3. The van der Waals surface area contributed by atoms with Gasteiger partial charge < -0.3 is 5.32 Å². The second-order valence-electron chi connectivity index (χ2n) is 5.22. The summed E-state index contributed by atoms with van der Waals surface area (Å²) in [6.45, 7) is 5.25. The number of nitrogens with one attached hydrogen (secondary N) is 1. The Hall–Kier alpha value is -0.980. The summed E-state index contributed by atoms with van der Waals surface area (Å²) < 4.78 is 0. The van der Waals surface area contributed by atoms with E-state index in [0.717, 1.165) is 17.4 Å². The molecule has 2 unspecified atom stereocenters. The molecule has 3 heteroatoms. The Bertz CT molecular complexity index is 464. The molecule has 1 aromatic carbocycles. The summed E-state index contributed by atoms with van der Waals surface area (Å²) in [6, 6.07) is 8.82. The normalized spacial score (nSPS) is 22.4. The molecule has 2 nitrogen and oxygen atoms in total. The molecule has 102 valence electrons. The van der Waals surface area contributed by atoms with Gasteiger partial charge >= 0.3 is 0 Å². The fourth-order valence-electron chi connectivity index (χ4n) is 2.73. The Morgan fingerprint density at radius 3 is 2.95 bits per heavy atom. The van der Waals surface area contributed by atoms with Crippen molar-refractivity contribution in [3.63, 3.8) is 0 Å². The lowest BCUT2D eigenvalue weighted by Gasteiger charge is -2.14. The molecule has 0 spiro atoms. The van der Waals surface area contributed by atoms with Gasteiger partial charge in [0.2, 0.25) is 0 Å². The summed E-state index contributed by atoms with van der Waals surface area (Å²) in [7, 11) is 0. The van der Waals surface area contributed by atoms with Crippen molar-refractivity contribution in [2.24, 2.45) is 0 Å². The minimum Gasteiger partial charge on any atom is -0.310 e. The molecule has 1 fully saturated rings. The van der Waals surface area contributed by atoms with Crippen LogP contribution in [0.2, 0.25) is 0 Å². The Labute approximate surface area is 120 Å². The fraction of sp³-hybridized carbons (Fsp3) is 0.562. The zero-order valence-corrected chi connectivity index (χ0v) is 12.6. The van der Waals surface area contributed by atoms with E-state index in [1.54, 1.807) is 0 Å². The molecule has 0 aliphatic heterocycles. The van der Waals surface area contributed by atoms with Crippen molar-refractivity contribution < 1.29 is 0 Å². The zero-order valence-electron chi connectivity index (χ0n) is 11.8. The third kappa shape index (κ3) is 3.99. The van der Waals surface area contributed by atoms with E-state index in [2.05, 4.69) is 43.1 Å². The second kappa shape index (κ2) is 6.98. The van der Waals surface area contributed by atoms with E-state index in [0.29, 0.717) is 6.04 Å². The van der Waals surface area contributed by atoms with Gasteiger partial charge in [0, 0.05) is 17.8 Å². The van der Waals surface area contributed by atoms with Crippen molar-refractivity contribution in [3.05, 3.63) is 34.9 Å². The van der Waals surface area contributed by atoms with Gasteiger partial charge in [0.1, 0.15) is 0 Å². The van der Waals surface area contributed by atoms with Gasteiger partial charge in [0.15, 0.2) is 0 Å². The Kier molecular flexibility index (Phi) is 5.30. The molecule has 0 saturated heterocycles.